The van der Waals surface area contributed by atoms with Gasteiger partial charge < -0.3 is 10.2 Å². The zero-order valence-electron chi connectivity index (χ0n) is 20.8. The second-order valence-corrected chi connectivity index (χ2v) is 9.56. The van der Waals surface area contributed by atoms with Gasteiger partial charge in [0.05, 0.1) is 0 Å². The Balaban J connectivity index is 1.44. The van der Waals surface area contributed by atoms with E-state index in [1.54, 1.807) is 0 Å². The number of amides is 2. The molecule has 0 saturated carbocycles. The summed E-state index contributed by atoms with van der Waals surface area (Å²) in [5.41, 5.74) is 6.07. The van der Waals surface area contributed by atoms with E-state index in [4.69, 9.17) is 0 Å². The first-order chi connectivity index (χ1) is 17.0. The van der Waals surface area contributed by atoms with Crippen molar-refractivity contribution in [3.63, 3.8) is 0 Å². The number of likely N-dealkylation sites (tertiary alicyclic amines) is 1. The maximum Gasteiger partial charge on any atom is 0.317 e. The van der Waals surface area contributed by atoms with Crippen LogP contribution >= 0.6 is 0 Å². The molecule has 0 radical (unpaired) electrons. The van der Waals surface area contributed by atoms with Gasteiger partial charge in [-0.1, -0.05) is 66.2 Å². The monoisotopic (exact) mass is 473 g/mol. The van der Waals surface area contributed by atoms with Crippen molar-refractivity contribution in [2.75, 3.05) is 19.6 Å². The number of hydrogen-bond acceptors (Lipinski definition) is 2. The summed E-state index contributed by atoms with van der Waals surface area (Å²) in [6.07, 6.45) is 2.16. The summed E-state index contributed by atoms with van der Waals surface area (Å²) in [5.74, 6) is 0.291. The predicted molar refractivity (Wildman–Crippen MR) is 140 cm³/mol. The molecule has 1 aliphatic rings. The molecule has 1 heterocycles. The molecule has 35 heavy (non-hydrogen) atoms. The Kier molecular flexibility index (Phi) is 8.54. The lowest BCUT2D eigenvalue weighted by molar-refractivity contribution is 0.191. The Bertz CT molecular complexity index is 1110. The second kappa shape index (κ2) is 12.0. The fraction of sp³-hybridized carbons (Fsp3) is 0.367. The van der Waals surface area contributed by atoms with E-state index < -0.39 is 0 Å². The van der Waals surface area contributed by atoms with E-state index in [-0.39, 0.29) is 11.8 Å². The third-order valence-corrected chi connectivity index (χ3v) is 6.83. The van der Waals surface area contributed by atoms with Gasteiger partial charge in [0.2, 0.25) is 0 Å². The fourth-order valence-electron chi connectivity index (χ4n) is 5.03. The highest BCUT2D eigenvalue weighted by molar-refractivity contribution is 5.74. The number of urea groups is 1. The van der Waals surface area contributed by atoms with Gasteiger partial charge in [-0.15, -0.1) is 0 Å². The van der Waals surface area contributed by atoms with Crippen molar-refractivity contribution in [2.45, 2.75) is 52.2 Å². The van der Waals surface area contributed by atoms with Crippen molar-refractivity contribution >= 4 is 6.03 Å². The molecule has 3 aromatic carbocycles. The van der Waals surface area contributed by atoms with Crippen molar-refractivity contribution in [2.24, 2.45) is 0 Å². The number of hydrogen-bond donors (Lipinski definition) is 1. The standard InChI is InChI=1S/C30H36FN3O/c1-3-32-30(35)34(21-25-8-6-7-23(2)19-25)22-27-9-4-5-10-29(27)26-15-17-33(18-16-26)20-24-11-13-28(31)14-12-24/h4-14,19,26H,3,15-18,20-22H2,1-2H3,(H,32,35). The minimum Gasteiger partial charge on any atom is -0.338 e. The highest BCUT2D eigenvalue weighted by Crippen LogP contribution is 2.32. The van der Waals surface area contributed by atoms with Crippen LogP contribution in [0.25, 0.3) is 0 Å². The van der Waals surface area contributed by atoms with Gasteiger partial charge in [-0.3, -0.25) is 4.90 Å². The molecule has 1 aliphatic heterocycles. The average molecular weight is 474 g/mol. The predicted octanol–water partition coefficient (Wildman–Crippen LogP) is 6.25. The van der Waals surface area contributed by atoms with E-state index in [1.165, 1.54) is 28.8 Å². The van der Waals surface area contributed by atoms with Crippen LogP contribution in [0, 0.1) is 12.7 Å². The largest absolute Gasteiger partial charge is 0.338 e. The van der Waals surface area contributed by atoms with Crippen molar-refractivity contribution in [3.8, 4) is 0 Å². The van der Waals surface area contributed by atoms with Crippen LogP contribution in [0.3, 0.4) is 0 Å². The number of rotatable bonds is 8. The lowest BCUT2D eigenvalue weighted by Gasteiger charge is -2.33. The molecule has 1 fully saturated rings. The van der Waals surface area contributed by atoms with Crippen LogP contribution in [0.4, 0.5) is 9.18 Å². The summed E-state index contributed by atoms with van der Waals surface area (Å²) in [4.78, 5) is 17.3. The number of carbonyl (C=O) groups excluding carboxylic acids is 1. The third kappa shape index (κ3) is 6.92. The highest BCUT2D eigenvalue weighted by atomic mass is 19.1. The Morgan fingerprint density at radius 2 is 1.71 bits per heavy atom. The molecule has 1 N–H and O–H groups in total. The van der Waals surface area contributed by atoms with Crippen molar-refractivity contribution < 1.29 is 9.18 Å². The van der Waals surface area contributed by atoms with Gasteiger partial charge in [0.25, 0.3) is 0 Å². The van der Waals surface area contributed by atoms with Gasteiger partial charge in [-0.25, -0.2) is 9.18 Å². The van der Waals surface area contributed by atoms with Gasteiger partial charge >= 0.3 is 6.03 Å². The van der Waals surface area contributed by atoms with Crippen LogP contribution in [0.2, 0.25) is 0 Å². The molecule has 0 spiro atoms. The van der Waals surface area contributed by atoms with Crippen LogP contribution in [0.5, 0.6) is 0 Å². The molecule has 184 valence electrons. The smallest absolute Gasteiger partial charge is 0.317 e. The van der Waals surface area contributed by atoms with Gasteiger partial charge in [0, 0.05) is 26.2 Å². The van der Waals surface area contributed by atoms with Crippen molar-refractivity contribution in [1.29, 1.82) is 0 Å². The molecule has 0 unspecified atom stereocenters. The maximum atomic E-state index is 13.2. The summed E-state index contributed by atoms with van der Waals surface area (Å²) in [7, 11) is 0. The summed E-state index contributed by atoms with van der Waals surface area (Å²) < 4.78 is 13.2. The molecular formula is C30H36FN3O. The number of piperidine rings is 1. The van der Waals surface area contributed by atoms with Crippen molar-refractivity contribution in [1.82, 2.24) is 15.1 Å². The van der Waals surface area contributed by atoms with E-state index in [1.807, 2.05) is 30.0 Å². The van der Waals surface area contributed by atoms with Crippen LogP contribution in [-0.2, 0) is 19.6 Å². The van der Waals surface area contributed by atoms with Crippen molar-refractivity contribution in [3.05, 3.63) is 106 Å². The summed E-state index contributed by atoms with van der Waals surface area (Å²) >= 11 is 0. The van der Waals surface area contributed by atoms with E-state index in [2.05, 4.69) is 59.6 Å². The summed E-state index contributed by atoms with van der Waals surface area (Å²) in [6, 6.07) is 23.8. The molecule has 4 nitrogen and oxygen atoms in total. The van der Waals surface area contributed by atoms with E-state index in [0.29, 0.717) is 25.6 Å². The topological polar surface area (TPSA) is 35.6 Å². The quantitative estimate of drug-likeness (QED) is 0.420. The Hall–Kier alpha value is -3.18. The maximum absolute atomic E-state index is 13.2. The number of halogens is 1. The molecule has 0 aliphatic carbocycles. The molecule has 4 rings (SSSR count). The van der Waals surface area contributed by atoms with Gasteiger partial charge in [-0.05, 0) is 80.1 Å². The first-order valence-corrected chi connectivity index (χ1v) is 12.6. The minimum atomic E-state index is -0.187. The number of benzene rings is 3. The van der Waals surface area contributed by atoms with Crippen LogP contribution in [-0.4, -0.2) is 35.5 Å². The van der Waals surface area contributed by atoms with Gasteiger partial charge in [0.1, 0.15) is 5.82 Å². The first kappa shape index (κ1) is 24.9. The fourth-order valence-corrected chi connectivity index (χ4v) is 5.03. The lowest BCUT2D eigenvalue weighted by Crippen LogP contribution is -2.39. The zero-order chi connectivity index (χ0) is 24.6. The molecule has 0 aromatic heterocycles. The van der Waals surface area contributed by atoms with E-state index in [0.717, 1.165) is 43.6 Å². The molecule has 1 saturated heterocycles. The second-order valence-electron chi connectivity index (χ2n) is 9.56. The minimum absolute atomic E-state index is 0.0297. The highest BCUT2D eigenvalue weighted by Gasteiger charge is 2.24. The van der Waals surface area contributed by atoms with Crippen LogP contribution < -0.4 is 5.32 Å². The van der Waals surface area contributed by atoms with Crippen LogP contribution in [0.15, 0.2) is 72.8 Å². The molecule has 2 amide bonds. The molecular weight excluding hydrogens is 437 g/mol. The molecule has 3 aromatic rings. The SMILES string of the molecule is CCNC(=O)N(Cc1cccc(C)c1)Cc1ccccc1C1CCN(Cc2ccc(F)cc2)CC1. The zero-order valence-corrected chi connectivity index (χ0v) is 20.8. The summed E-state index contributed by atoms with van der Waals surface area (Å²) in [5, 5.41) is 2.99. The molecule has 0 bridgehead atoms. The third-order valence-electron chi connectivity index (χ3n) is 6.83. The Labute approximate surface area is 208 Å². The van der Waals surface area contributed by atoms with E-state index in [9.17, 15) is 9.18 Å². The number of carbonyl (C=O) groups is 1. The van der Waals surface area contributed by atoms with Crippen LogP contribution in [0.1, 0.15) is 53.5 Å². The average Bonchev–Trinajstić information content (AvgIpc) is 2.86. The number of nitrogens with zero attached hydrogens (tertiary/aromatic N) is 2. The number of nitrogens with one attached hydrogen (secondary N) is 1. The lowest BCUT2D eigenvalue weighted by atomic mass is 9.86. The Morgan fingerprint density at radius 3 is 2.43 bits per heavy atom. The molecule has 5 heteroatoms. The molecule has 0 atom stereocenters. The first-order valence-electron chi connectivity index (χ1n) is 12.6. The number of aryl methyl sites for hydroxylation is 1. The van der Waals surface area contributed by atoms with Gasteiger partial charge in [-0.2, -0.15) is 0 Å². The Morgan fingerprint density at radius 1 is 0.971 bits per heavy atom. The normalized spacial score (nSPS) is 14.6. The van der Waals surface area contributed by atoms with Gasteiger partial charge in [0.15, 0.2) is 0 Å². The summed E-state index contributed by atoms with van der Waals surface area (Å²) in [6.45, 7) is 8.70. The van der Waals surface area contributed by atoms with E-state index >= 15 is 0 Å².